The van der Waals surface area contributed by atoms with E-state index in [1.807, 2.05) is 13.0 Å². The van der Waals surface area contributed by atoms with Crippen LogP contribution >= 0.6 is 24.2 Å². The van der Waals surface area contributed by atoms with Gasteiger partial charge in [-0.1, -0.05) is 18.2 Å². The van der Waals surface area contributed by atoms with Crippen LogP contribution in [0.3, 0.4) is 0 Å². The molecule has 32 heavy (non-hydrogen) atoms. The summed E-state index contributed by atoms with van der Waals surface area (Å²) in [5.41, 5.74) is 2.56. The molecule has 1 unspecified atom stereocenters. The van der Waals surface area contributed by atoms with E-state index in [2.05, 4.69) is 10.6 Å². The number of benzene rings is 3. The number of halogens is 1. The molecule has 2 amide bonds. The molecule has 0 saturated heterocycles. The molecule has 9 heteroatoms. The number of thioether (sulfide) groups is 1. The monoisotopic (exact) mass is 470 g/mol. The third-order valence-electron chi connectivity index (χ3n) is 4.72. The molecule has 0 aliphatic carbocycles. The lowest BCUT2D eigenvalue weighted by Crippen LogP contribution is -2.26. The topological polar surface area (TPSA) is 76.7 Å². The normalized spacial score (nSPS) is 14.8. The molecular weight excluding hydrogens is 451 g/mol. The zero-order chi connectivity index (χ0) is 22.5. The van der Waals surface area contributed by atoms with Gasteiger partial charge in [0.15, 0.2) is 0 Å². The summed E-state index contributed by atoms with van der Waals surface area (Å²) in [6.45, 7) is 2.15. The Kier molecular flexibility index (Phi) is 6.87. The van der Waals surface area contributed by atoms with Crippen LogP contribution in [0.5, 0.6) is 11.5 Å². The van der Waals surface area contributed by atoms with Gasteiger partial charge in [0.05, 0.1) is 10.9 Å². The van der Waals surface area contributed by atoms with Crippen LogP contribution in [-0.2, 0) is 11.4 Å². The van der Waals surface area contributed by atoms with Crippen LogP contribution in [0.1, 0.15) is 22.8 Å². The van der Waals surface area contributed by atoms with Gasteiger partial charge in [0.2, 0.25) is 5.91 Å². The minimum atomic E-state index is -0.288. The fourth-order valence-corrected chi connectivity index (χ4v) is 4.18. The summed E-state index contributed by atoms with van der Waals surface area (Å²) in [6.07, 6.45) is 0. The van der Waals surface area contributed by atoms with E-state index in [4.69, 9.17) is 8.92 Å². The van der Waals surface area contributed by atoms with Crippen LogP contribution in [0, 0.1) is 0 Å². The smallest absolute Gasteiger partial charge is 0.272 e. The molecule has 0 spiro atoms. The highest BCUT2D eigenvalue weighted by molar-refractivity contribution is 8.01. The van der Waals surface area contributed by atoms with Crippen molar-refractivity contribution in [2.75, 3.05) is 10.6 Å². The Morgan fingerprint density at radius 2 is 1.94 bits per heavy atom. The van der Waals surface area contributed by atoms with E-state index in [0.29, 0.717) is 35.0 Å². The molecule has 164 valence electrons. The Balaban J connectivity index is 1.39. The highest BCUT2D eigenvalue weighted by Crippen LogP contribution is 2.36. The second kappa shape index (κ2) is 9.97. The highest BCUT2D eigenvalue weighted by atomic mass is 32.2. The van der Waals surface area contributed by atoms with Crippen molar-refractivity contribution in [3.05, 3.63) is 77.9 Å². The Labute approximate surface area is 193 Å². The van der Waals surface area contributed by atoms with Crippen molar-refractivity contribution >= 4 is 47.4 Å². The number of fused-ring (bicyclic) bond motifs is 1. The lowest BCUT2D eigenvalue weighted by atomic mass is 10.1. The van der Waals surface area contributed by atoms with Gasteiger partial charge in [-0.2, -0.15) is 0 Å². The molecule has 4 rings (SSSR count). The molecule has 1 aliphatic rings. The van der Waals surface area contributed by atoms with Crippen LogP contribution < -0.4 is 19.6 Å². The first-order chi connectivity index (χ1) is 15.5. The summed E-state index contributed by atoms with van der Waals surface area (Å²) in [5.74, 6) is 0.642. The van der Waals surface area contributed by atoms with E-state index in [1.165, 1.54) is 11.8 Å². The van der Waals surface area contributed by atoms with Gasteiger partial charge in [-0.3, -0.25) is 9.59 Å². The van der Waals surface area contributed by atoms with Gasteiger partial charge in [-0.25, -0.2) is 0 Å². The van der Waals surface area contributed by atoms with Crippen molar-refractivity contribution in [3.63, 3.8) is 0 Å². The van der Waals surface area contributed by atoms with Gasteiger partial charge < -0.3 is 19.6 Å². The Morgan fingerprint density at radius 3 is 2.72 bits per heavy atom. The van der Waals surface area contributed by atoms with Gasteiger partial charge in [0.1, 0.15) is 18.1 Å². The quantitative estimate of drug-likeness (QED) is 0.421. The predicted molar refractivity (Wildman–Crippen MR) is 125 cm³/mol. The predicted octanol–water partition coefficient (Wildman–Crippen LogP) is 5.86. The second-order valence-corrected chi connectivity index (χ2v) is 8.70. The van der Waals surface area contributed by atoms with E-state index in [-0.39, 0.29) is 29.5 Å². The fraction of sp³-hybridized carbons (Fsp3) is 0.130. The number of hydrogen-bond acceptors (Lipinski definition) is 6. The molecule has 1 heterocycles. The molecule has 3 aromatic rings. The Bertz CT molecular complexity index is 1140. The lowest BCUT2D eigenvalue weighted by molar-refractivity contribution is -0.115. The molecule has 0 aromatic heterocycles. The SMILES string of the molecule is CC1Sc2ccc(C(=O)Nc3cccc(OCc4ccc(OSF)cc4)c3)cc2NC1=O. The van der Waals surface area contributed by atoms with Crippen LogP contribution in [0.25, 0.3) is 0 Å². The van der Waals surface area contributed by atoms with Gasteiger partial charge in [-0.15, -0.1) is 15.6 Å². The number of ether oxygens (including phenoxy) is 1. The third-order valence-corrected chi connectivity index (χ3v) is 6.15. The second-order valence-electron chi connectivity index (χ2n) is 7.02. The number of anilines is 2. The lowest BCUT2D eigenvalue weighted by Gasteiger charge is -2.21. The highest BCUT2D eigenvalue weighted by Gasteiger charge is 2.23. The number of carbonyl (C=O) groups is 2. The van der Waals surface area contributed by atoms with Crippen molar-refractivity contribution < 1.29 is 22.4 Å². The first kappa shape index (κ1) is 22.0. The van der Waals surface area contributed by atoms with Gasteiger partial charge in [-0.05, 0) is 55.0 Å². The first-order valence-corrected chi connectivity index (χ1v) is 11.2. The van der Waals surface area contributed by atoms with E-state index in [9.17, 15) is 13.5 Å². The molecule has 3 aromatic carbocycles. The number of carbonyl (C=O) groups excluding carboxylic acids is 2. The van der Waals surface area contributed by atoms with Crippen molar-refractivity contribution in [2.45, 2.75) is 23.7 Å². The largest absolute Gasteiger partial charge is 0.489 e. The summed E-state index contributed by atoms with van der Waals surface area (Å²) < 4.78 is 22.6. The zero-order valence-electron chi connectivity index (χ0n) is 17.0. The molecule has 1 aliphatic heterocycles. The van der Waals surface area contributed by atoms with E-state index >= 15 is 0 Å². The minimum absolute atomic E-state index is 0.0756. The summed E-state index contributed by atoms with van der Waals surface area (Å²) in [5, 5.41) is 5.52. The van der Waals surface area contributed by atoms with Crippen LogP contribution in [0.15, 0.2) is 71.6 Å². The van der Waals surface area contributed by atoms with Crippen molar-refractivity contribution in [3.8, 4) is 11.5 Å². The molecule has 0 bridgehead atoms. The Morgan fingerprint density at radius 1 is 1.12 bits per heavy atom. The summed E-state index contributed by atoms with van der Waals surface area (Å²) >= 11 is 1.27. The van der Waals surface area contributed by atoms with Gasteiger partial charge >= 0.3 is 0 Å². The molecule has 1 atom stereocenters. The third kappa shape index (κ3) is 5.35. The van der Waals surface area contributed by atoms with E-state index in [1.54, 1.807) is 60.7 Å². The van der Waals surface area contributed by atoms with Crippen LogP contribution in [0.4, 0.5) is 15.3 Å². The Hall–Kier alpha value is -3.17. The summed E-state index contributed by atoms with van der Waals surface area (Å²) in [4.78, 5) is 25.6. The zero-order valence-corrected chi connectivity index (χ0v) is 18.6. The van der Waals surface area contributed by atoms with Crippen LogP contribution in [-0.4, -0.2) is 17.1 Å². The molecule has 0 saturated carbocycles. The van der Waals surface area contributed by atoms with E-state index < -0.39 is 0 Å². The number of hydrogen-bond donors (Lipinski definition) is 2. The first-order valence-electron chi connectivity index (χ1n) is 9.72. The van der Waals surface area contributed by atoms with Gasteiger partial charge in [0, 0.05) is 22.2 Å². The molecule has 2 N–H and O–H groups in total. The van der Waals surface area contributed by atoms with E-state index in [0.717, 1.165) is 10.5 Å². The fourth-order valence-electron chi connectivity index (χ4n) is 3.06. The maximum atomic E-state index is 12.7. The average molecular weight is 471 g/mol. The average Bonchev–Trinajstić information content (AvgIpc) is 2.79. The maximum absolute atomic E-state index is 12.7. The maximum Gasteiger partial charge on any atom is 0.272 e. The standard InChI is InChI=1S/C23H19FN2O4S2/c1-14-22(27)26-20-11-16(7-10-21(20)31-14)23(28)25-17-3-2-4-19(12-17)29-13-15-5-8-18(9-6-15)30-32-24/h2-12,14H,13H2,1H3,(H,25,28)(H,26,27). The van der Waals surface area contributed by atoms with Gasteiger partial charge in [0.25, 0.3) is 18.3 Å². The molecular formula is C23H19FN2O4S2. The van der Waals surface area contributed by atoms with Crippen molar-refractivity contribution in [1.29, 1.82) is 0 Å². The molecule has 0 fully saturated rings. The molecule has 0 radical (unpaired) electrons. The minimum Gasteiger partial charge on any atom is -0.489 e. The summed E-state index contributed by atoms with van der Waals surface area (Å²) in [6, 6.07) is 19.2. The summed E-state index contributed by atoms with van der Waals surface area (Å²) in [7, 11) is 0. The van der Waals surface area contributed by atoms with Crippen LogP contribution in [0.2, 0.25) is 0 Å². The van der Waals surface area contributed by atoms with Crippen molar-refractivity contribution in [1.82, 2.24) is 0 Å². The number of rotatable bonds is 7. The molecule has 6 nitrogen and oxygen atoms in total. The number of amides is 2. The number of nitrogens with one attached hydrogen (secondary N) is 2. The van der Waals surface area contributed by atoms with Crippen molar-refractivity contribution in [2.24, 2.45) is 0 Å².